The van der Waals surface area contributed by atoms with Gasteiger partial charge in [0.2, 0.25) is 0 Å². The molecule has 1 atom stereocenters. The smallest absolute Gasteiger partial charge is 0.142 e. The van der Waals surface area contributed by atoms with Crippen molar-refractivity contribution in [3.63, 3.8) is 0 Å². The van der Waals surface area contributed by atoms with Gasteiger partial charge >= 0.3 is 0 Å². The second kappa shape index (κ2) is 5.68. The number of nitrogens with zero attached hydrogens (tertiary/aromatic N) is 3. The van der Waals surface area contributed by atoms with Crippen LogP contribution in [0.1, 0.15) is 6.92 Å². The fourth-order valence-corrected chi connectivity index (χ4v) is 2.51. The molecule has 0 amide bonds. The Bertz CT molecular complexity index is 568. The third kappa shape index (κ3) is 2.70. The molecule has 0 radical (unpaired) electrons. The lowest BCUT2D eigenvalue weighted by molar-refractivity contribution is 0.315. The van der Waals surface area contributed by atoms with Crippen molar-refractivity contribution < 1.29 is 5.21 Å². The number of nitrogens with two attached hydrogens (primary N) is 1. The van der Waals surface area contributed by atoms with Gasteiger partial charge in [0.05, 0.1) is 5.52 Å². The van der Waals surface area contributed by atoms with Gasteiger partial charge in [0.25, 0.3) is 0 Å². The van der Waals surface area contributed by atoms with Crippen LogP contribution in [0, 0.1) is 5.92 Å². The molecule has 2 rings (SSSR count). The summed E-state index contributed by atoms with van der Waals surface area (Å²) >= 11 is 1.58. The van der Waals surface area contributed by atoms with E-state index in [0.29, 0.717) is 5.75 Å². The van der Waals surface area contributed by atoms with Crippen LogP contribution < -0.4 is 5.73 Å². The maximum atomic E-state index is 8.60. The predicted molar refractivity (Wildman–Crippen MR) is 72.8 cm³/mol. The van der Waals surface area contributed by atoms with Crippen LogP contribution in [0.2, 0.25) is 0 Å². The van der Waals surface area contributed by atoms with Gasteiger partial charge in [-0.2, -0.15) is 0 Å². The minimum absolute atomic E-state index is 0.00581. The first-order valence-electron chi connectivity index (χ1n) is 5.52. The van der Waals surface area contributed by atoms with E-state index in [1.165, 1.54) is 0 Å². The van der Waals surface area contributed by atoms with E-state index < -0.39 is 0 Å². The molecule has 0 aliphatic rings. The van der Waals surface area contributed by atoms with Crippen molar-refractivity contribution in [3.05, 3.63) is 30.6 Å². The monoisotopic (exact) mass is 262 g/mol. The first-order valence-corrected chi connectivity index (χ1v) is 6.51. The number of aromatic nitrogens is 2. The van der Waals surface area contributed by atoms with Gasteiger partial charge < -0.3 is 10.9 Å². The van der Waals surface area contributed by atoms with Crippen LogP contribution in [0.25, 0.3) is 10.9 Å². The Kier molecular flexibility index (Phi) is 3.99. The molecule has 5 nitrogen and oxygen atoms in total. The van der Waals surface area contributed by atoms with E-state index in [4.69, 9.17) is 10.9 Å². The molecule has 0 spiro atoms. The number of hydrogen-bond acceptors (Lipinski definition) is 5. The van der Waals surface area contributed by atoms with Crippen molar-refractivity contribution in [2.75, 3.05) is 5.75 Å². The highest BCUT2D eigenvalue weighted by Crippen LogP contribution is 2.25. The molecule has 18 heavy (non-hydrogen) atoms. The Morgan fingerprint density at radius 3 is 3.00 bits per heavy atom. The molecule has 0 saturated heterocycles. The van der Waals surface area contributed by atoms with Crippen molar-refractivity contribution >= 4 is 28.5 Å². The van der Waals surface area contributed by atoms with E-state index in [2.05, 4.69) is 15.1 Å². The van der Waals surface area contributed by atoms with Crippen LogP contribution in [0.3, 0.4) is 0 Å². The van der Waals surface area contributed by atoms with Gasteiger partial charge in [0.15, 0.2) is 0 Å². The van der Waals surface area contributed by atoms with Gasteiger partial charge in [0.1, 0.15) is 17.2 Å². The Balaban J connectivity index is 2.17. The van der Waals surface area contributed by atoms with Crippen LogP contribution in [-0.2, 0) is 0 Å². The normalized spacial score (nSPS) is 13.7. The zero-order valence-electron chi connectivity index (χ0n) is 9.95. The van der Waals surface area contributed by atoms with Crippen LogP contribution in [0.5, 0.6) is 0 Å². The largest absolute Gasteiger partial charge is 0.409 e. The van der Waals surface area contributed by atoms with E-state index in [0.717, 1.165) is 15.9 Å². The van der Waals surface area contributed by atoms with E-state index in [-0.39, 0.29) is 11.8 Å². The average molecular weight is 262 g/mol. The molecule has 0 bridgehead atoms. The molecule has 1 aromatic heterocycles. The van der Waals surface area contributed by atoms with Crippen molar-refractivity contribution in [3.8, 4) is 0 Å². The molecule has 1 aromatic carbocycles. The molecular weight excluding hydrogens is 248 g/mol. The summed E-state index contributed by atoms with van der Waals surface area (Å²) < 4.78 is 0. The van der Waals surface area contributed by atoms with Gasteiger partial charge in [-0.1, -0.05) is 30.3 Å². The quantitative estimate of drug-likeness (QED) is 0.220. The predicted octanol–water partition coefficient (Wildman–Crippen LogP) is 2.10. The molecule has 1 heterocycles. The molecule has 6 heteroatoms. The Labute approximate surface area is 109 Å². The summed E-state index contributed by atoms with van der Waals surface area (Å²) in [5.74, 6) is 0.936. The van der Waals surface area contributed by atoms with Gasteiger partial charge in [-0.25, -0.2) is 9.97 Å². The molecule has 0 aliphatic carbocycles. The van der Waals surface area contributed by atoms with E-state index >= 15 is 0 Å². The molecule has 0 saturated carbocycles. The number of fused-ring (bicyclic) bond motifs is 1. The first kappa shape index (κ1) is 12.6. The van der Waals surface area contributed by atoms with E-state index in [1.54, 1.807) is 18.1 Å². The number of para-hydroxylation sites is 1. The highest BCUT2D eigenvalue weighted by atomic mass is 32.2. The van der Waals surface area contributed by atoms with E-state index in [9.17, 15) is 0 Å². The van der Waals surface area contributed by atoms with Crippen LogP contribution in [0.4, 0.5) is 0 Å². The zero-order chi connectivity index (χ0) is 13.0. The minimum atomic E-state index is -0.00581. The molecule has 0 fully saturated rings. The third-order valence-electron chi connectivity index (χ3n) is 2.60. The number of amidine groups is 1. The van der Waals surface area contributed by atoms with Crippen LogP contribution in [-0.4, -0.2) is 26.8 Å². The molecule has 1 unspecified atom stereocenters. The lowest BCUT2D eigenvalue weighted by Gasteiger charge is -2.09. The second-order valence-electron chi connectivity index (χ2n) is 3.93. The lowest BCUT2D eigenvalue weighted by atomic mass is 10.2. The lowest BCUT2D eigenvalue weighted by Crippen LogP contribution is -2.22. The fraction of sp³-hybridized carbons (Fsp3) is 0.250. The number of hydrogen-bond donors (Lipinski definition) is 2. The maximum Gasteiger partial charge on any atom is 0.142 e. The van der Waals surface area contributed by atoms with Crippen molar-refractivity contribution in [2.24, 2.45) is 16.8 Å². The summed E-state index contributed by atoms with van der Waals surface area (Å²) in [6, 6.07) is 7.85. The van der Waals surface area contributed by atoms with Crippen molar-refractivity contribution in [2.45, 2.75) is 11.9 Å². The first-order chi connectivity index (χ1) is 8.72. The Morgan fingerprint density at radius 1 is 1.44 bits per heavy atom. The zero-order valence-corrected chi connectivity index (χ0v) is 10.8. The number of thioether (sulfide) groups is 1. The van der Waals surface area contributed by atoms with Crippen LogP contribution in [0.15, 0.2) is 40.8 Å². The molecule has 3 N–H and O–H groups in total. The SMILES string of the molecule is CC(CSc1ncnc2ccccc12)/C(N)=N/O. The highest BCUT2D eigenvalue weighted by Gasteiger charge is 2.10. The summed E-state index contributed by atoms with van der Waals surface area (Å²) in [6.07, 6.45) is 1.55. The molecule has 2 aromatic rings. The third-order valence-corrected chi connectivity index (χ3v) is 3.86. The summed E-state index contributed by atoms with van der Waals surface area (Å²) in [5.41, 5.74) is 6.47. The molecule has 0 aliphatic heterocycles. The van der Waals surface area contributed by atoms with Crippen molar-refractivity contribution in [1.82, 2.24) is 9.97 Å². The molecule has 94 valence electrons. The van der Waals surface area contributed by atoms with Gasteiger partial charge in [0, 0.05) is 17.1 Å². The Hall–Kier alpha value is -1.82. The standard InChI is InChI=1S/C12H14N4OS/c1-8(11(13)16-17)6-18-12-9-4-2-3-5-10(9)14-7-15-12/h2-5,7-8,17H,6H2,1H3,(H2,13,16). The van der Waals surface area contributed by atoms with Crippen molar-refractivity contribution in [1.29, 1.82) is 0 Å². The Morgan fingerprint density at radius 2 is 2.22 bits per heavy atom. The van der Waals surface area contributed by atoms with Gasteiger partial charge in [-0.15, -0.1) is 11.8 Å². The second-order valence-corrected chi connectivity index (χ2v) is 4.94. The summed E-state index contributed by atoms with van der Waals surface area (Å²) in [4.78, 5) is 8.48. The summed E-state index contributed by atoms with van der Waals surface area (Å²) in [5, 5.41) is 13.6. The van der Waals surface area contributed by atoms with Gasteiger partial charge in [-0.3, -0.25) is 0 Å². The summed E-state index contributed by atoms with van der Waals surface area (Å²) in [6.45, 7) is 1.91. The van der Waals surface area contributed by atoms with E-state index in [1.807, 2.05) is 31.2 Å². The number of oxime groups is 1. The summed E-state index contributed by atoms with van der Waals surface area (Å²) in [7, 11) is 0. The maximum absolute atomic E-state index is 8.60. The number of benzene rings is 1. The number of rotatable bonds is 4. The fourth-order valence-electron chi connectivity index (χ4n) is 1.48. The molecular formula is C12H14N4OS. The van der Waals surface area contributed by atoms with Crippen LogP contribution >= 0.6 is 11.8 Å². The minimum Gasteiger partial charge on any atom is -0.409 e. The topological polar surface area (TPSA) is 84.4 Å². The van der Waals surface area contributed by atoms with Gasteiger partial charge in [-0.05, 0) is 6.07 Å². The highest BCUT2D eigenvalue weighted by molar-refractivity contribution is 7.99. The average Bonchev–Trinajstić information content (AvgIpc) is 2.43.